The van der Waals surface area contributed by atoms with Crippen LogP contribution in [0.5, 0.6) is 5.75 Å². The average molecular weight is 310 g/mol. The molecule has 0 radical (unpaired) electrons. The summed E-state index contributed by atoms with van der Waals surface area (Å²) in [5.41, 5.74) is 1.07. The standard InChI is InChI=1S/C14H16BrNO2/c1-2-10-7-11(15)8-12(13(10)18)14(16-9-17)5-3-4-6-14/h7-8,18H,2-6H2,1H3. The van der Waals surface area contributed by atoms with Gasteiger partial charge in [-0.2, -0.15) is 4.99 Å². The van der Waals surface area contributed by atoms with Gasteiger partial charge in [0.2, 0.25) is 6.08 Å². The molecule has 1 aromatic carbocycles. The fraction of sp³-hybridized carbons (Fsp3) is 0.500. The van der Waals surface area contributed by atoms with Crippen LogP contribution in [0, 0.1) is 0 Å². The van der Waals surface area contributed by atoms with Crippen LogP contribution in [0.25, 0.3) is 0 Å². The summed E-state index contributed by atoms with van der Waals surface area (Å²) in [5.74, 6) is 0.279. The van der Waals surface area contributed by atoms with E-state index in [1.165, 1.54) is 0 Å². The maximum atomic E-state index is 10.7. The molecule has 1 aliphatic rings. The van der Waals surface area contributed by atoms with E-state index in [-0.39, 0.29) is 5.75 Å². The minimum absolute atomic E-state index is 0.279. The SMILES string of the molecule is CCc1cc(Br)cc(C2(N=C=O)CCCC2)c1O. The van der Waals surface area contributed by atoms with Crippen molar-refractivity contribution in [3.63, 3.8) is 0 Å². The van der Waals surface area contributed by atoms with Crippen LogP contribution in [0.3, 0.4) is 0 Å². The molecular weight excluding hydrogens is 294 g/mol. The van der Waals surface area contributed by atoms with Crippen LogP contribution in [0.15, 0.2) is 21.6 Å². The number of phenolic OH excluding ortho intramolecular Hbond substituents is 1. The lowest BCUT2D eigenvalue weighted by molar-refractivity contribution is 0.405. The number of halogens is 1. The molecule has 1 aliphatic carbocycles. The van der Waals surface area contributed by atoms with Gasteiger partial charge in [-0.05, 0) is 37.0 Å². The Bertz CT molecular complexity index is 501. The summed E-state index contributed by atoms with van der Waals surface area (Å²) in [6.07, 6.45) is 6.09. The number of isocyanates is 1. The zero-order chi connectivity index (χ0) is 13.2. The Morgan fingerprint density at radius 1 is 1.44 bits per heavy atom. The second-order valence-electron chi connectivity index (χ2n) is 4.76. The molecule has 0 atom stereocenters. The lowest BCUT2D eigenvalue weighted by Gasteiger charge is -2.25. The molecule has 1 saturated carbocycles. The highest BCUT2D eigenvalue weighted by molar-refractivity contribution is 9.10. The number of hydrogen-bond donors (Lipinski definition) is 1. The van der Waals surface area contributed by atoms with Crippen molar-refractivity contribution < 1.29 is 9.90 Å². The molecule has 0 unspecified atom stereocenters. The normalized spacial score (nSPS) is 17.4. The van der Waals surface area contributed by atoms with Gasteiger partial charge in [0.05, 0.1) is 0 Å². The van der Waals surface area contributed by atoms with Crippen LogP contribution in [0.1, 0.15) is 43.7 Å². The van der Waals surface area contributed by atoms with Crippen molar-refractivity contribution in [3.8, 4) is 5.75 Å². The molecule has 96 valence electrons. The van der Waals surface area contributed by atoms with Crippen LogP contribution in [-0.4, -0.2) is 11.2 Å². The third kappa shape index (κ3) is 2.23. The van der Waals surface area contributed by atoms with Gasteiger partial charge in [0.1, 0.15) is 11.3 Å². The fourth-order valence-electron chi connectivity index (χ4n) is 2.77. The number of aromatic hydroxyl groups is 1. The van der Waals surface area contributed by atoms with E-state index >= 15 is 0 Å². The molecule has 3 nitrogen and oxygen atoms in total. The summed E-state index contributed by atoms with van der Waals surface area (Å²) in [4.78, 5) is 14.7. The van der Waals surface area contributed by atoms with Crippen molar-refractivity contribution >= 4 is 22.0 Å². The highest BCUT2D eigenvalue weighted by atomic mass is 79.9. The smallest absolute Gasteiger partial charge is 0.235 e. The first kappa shape index (κ1) is 13.3. The third-order valence-electron chi connectivity index (χ3n) is 3.73. The number of carbonyl (C=O) groups excluding carboxylic acids is 1. The molecule has 2 rings (SSSR count). The highest BCUT2D eigenvalue weighted by Gasteiger charge is 2.38. The number of aliphatic imine (C=N–C) groups is 1. The van der Waals surface area contributed by atoms with Gasteiger partial charge in [0.25, 0.3) is 0 Å². The van der Waals surface area contributed by atoms with Gasteiger partial charge in [0.15, 0.2) is 0 Å². The van der Waals surface area contributed by atoms with Gasteiger partial charge in [-0.3, -0.25) is 0 Å². The van der Waals surface area contributed by atoms with Crippen molar-refractivity contribution in [2.75, 3.05) is 0 Å². The topological polar surface area (TPSA) is 49.7 Å². The fourth-order valence-corrected chi connectivity index (χ4v) is 3.27. The van der Waals surface area contributed by atoms with E-state index < -0.39 is 5.54 Å². The number of phenols is 1. The number of nitrogens with zero attached hydrogens (tertiary/aromatic N) is 1. The maximum Gasteiger partial charge on any atom is 0.235 e. The lowest BCUT2D eigenvalue weighted by atomic mass is 9.86. The molecule has 0 heterocycles. The van der Waals surface area contributed by atoms with E-state index in [4.69, 9.17) is 0 Å². The Kier molecular flexibility index (Phi) is 3.88. The van der Waals surface area contributed by atoms with Gasteiger partial charge in [-0.25, -0.2) is 4.79 Å². The van der Waals surface area contributed by atoms with E-state index in [0.29, 0.717) is 0 Å². The summed E-state index contributed by atoms with van der Waals surface area (Å²) in [6.45, 7) is 2.00. The molecule has 0 spiro atoms. The van der Waals surface area contributed by atoms with Crippen LogP contribution in [0.2, 0.25) is 0 Å². The second kappa shape index (κ2) is 5.25. The van der Waals surface area contributed by atoms with Gasteiger partial charge >= 0.3 is 0 Å². The monoisotopic (exact) mass is 309 g/mol. The molecule has 0 saturated heterocycles. The minimum Gasteiger partial charge on any atom is -0.507 e. The summed E-state index contributed by atoms with van der Waals surface area (Å²) in [6, 6.07) is 3.78. The van der Waals surface area contributed by atoms with E-state index in [1.54, 1.807) is 6.08 Å². The van der Waals surface area contributed by atoms with Crippen molar-refractivity contribution in [2.24, 2.45) is 4.99 Å². The Balaban J connectivity index is 2.61. The highest BCUT2D eigenvalue weighted by Crippen LogP contribution is 2.47. The van der Waals surface area contributed by atoms with Crippen molar-refractivity contribution in [3.05, 3.63) is 27.7 Å². The zero-order valence-corrected chi connectivity index (χ0v) is 12.0. The summed E-state index contributed by atoms with van der Waals surface area (Å²) >= 11 is 3.46. The molecule has 1 fully saturated rings. The number of rotatable bonds is 3. The average Bonchev–Trinajstić information content (AvgIpc) is 2.81. The van der Waals surface area contributed by atoms with E-state index in [2.05, 4.69) is 20.9 Å². The molecule has 0 aliphatic heterocycles. The molecule has 1 N–H and O–H groups in total. The molecule has 0 amide bonds. The number of hydrogen-bond acceptors (Lipinski definition) is 3. The maximum absolute atomic E-state index is 10.7. The zero-order valence-electron chi connectivity index (χ0n) is 10.4. The molecule has 0 aromatic heterocycles. The van der Waals surface area contributed by atoms with E-state index in [1.807, 2.05) is 19.1 Å². The molecule has 18 heavy (non-hydrogen) atoms. The Labute approximate surface area is 115 Å². The molecule has 4 heteroatoms. The molecule has 1 aromatic rings. The van der Waals surface area contributed by atoms with E-state index in [0.717, 1.165) is 47.7 Å². The lowest BCUT2D eigenvalue weighted by Crippen LogP contribution is -2.19. The van der Waals surface area contributed by atoms with Crippen molar-refractivity contribution in [1.82, 2.24) is 0 Å². The Hall–Kier alpha value is -1.12. The molecule has 0 bridgehead atoms. The summed E-state index contributed by atoms with van der Waals surface area (Å²) in [7, 11) is 0. The van der Waals surface area contributed by atoms with Crippen molar-refractivity contribution in [2.45, 2.75) is 44.6 Å². The predicted molar refractivity (Wildman–Crippen MR) is 73.5 cm³/mol. The largest absolute Gasteiger partial charge is 0.507 e. The summed E-state index contributed by atoms with van der Waals surface area (Å²) < 4.78 is 0.916. The summed E-state index contributed by atoms with van der Waals surface area (Å²) in [5, 5.41) is 10.4. The first-order chi connectivity index (χ1) is 8.63. The van der Waals surface area contributed by atoms with Crippen molar-refractivity contribution in [1.29, 1.82) is 0 Å². The second-order valence-corrected chi connectivity index (χ2v) is 5.67. The van der Waals surface area contributed by atoms with Gasteiger partial charge in [-0.1, -0.05) is 35.7 Å². The first-order valence-corrected chi connectivity index (χ1v) is 7.03. The van der Waals surface area contributed by atoms with Gasteiger partial charge in [-0.15, -0.1) is 0 Å². The van der Waals surface area contributed by atoms with Crippen LogP contribution in [-0.2, 0) is 16.8 Å². The first-order valence-electron chi connectivity index (χ1n) is 6.24. The number of benzene rings is 1. The predicted octanol–water partition coefficient (Wildman–Crippen LogP) is 3.82. The van der Waals surface area contributed by atoms with Crippen LogP contribution < -0.4 is 0 Å². The number of aryl methyl sites for hydroxylation is 1. The Morgan fingerprint density at radius 3 is 2.67 bits per heavy atom. The minimum atomic E-state index is -0.570. The third-order valence-corrected chi connectivity index (χ3v) is 4.18. The quantitative estimate of drug-likeness (QED) is 0.681. The van der Waals surface area contributed by atoms with Gasteiger partial charge < -0.3 is 5.11 Å². The van der Waals surface area contributed by atoms with E-state index in [9.17, 15) is 9.90 Å². The molecular formula is C14H16BrNO2. The Morgan fingerprint density at radius 2 is 2.11 bits per heavy atom. The van der Waals surface area contributed by atoms with Crippen LogP contribution in [0.4, 0.5) is 0 Å². The van der Waals surface area contributed by atoms with Gasteiger partial charge in [0, 0.05) is 10.0 Å². The van der Waals surface area contributed by atoms with Crippen LogP contribution >= 0.6 is 15.9 Å².